The van der Waals surface area contributed by atoms with Gasteiger partial charge in [0.25, 0.3) is 0 Å². The molecule has 0 spiro atoms. The van der Waals surface area contributed by atoms with Crippen molar-refractivity contribution >= 4 is 0 Å². The van der Waals surface area contributed by atoms with Crippen molar-refractivity contribution in [3.8, 4) is 0 Å². The van der Waals surface area contributed by atoms with Crippen molar-refractivity contribution in [2.45, 2.75) is 57.4 Å². The minimum atomic E-state index is 0.254. The highest BCUT2D eigenvalue weighted by molar-refractivity contribution is 4.94. The smallest absolute Gasteiger partial charge is 0.243 e. The highest BCUT2D eigenvalue weighted by Crippen LogP contribution is 2.24. The van der Waals surface area contributed by atoms with E-state index in [0.717, 1.165) is 43.6 Å². The van der Waals surface area contributed by atoms with E-state index in [2.05, 4.69) is 15.5 Å². The fourth-order valence-electron chi connectivity index (χ4n) is 3.16. The molecule has 112 valence electrons. The molecule has 0 amide bonds. The lowest BCUT2D eigenvalue weighted by Gasteiger charge is -2.19. The Kier molecular flexibility index (Phi) is 5.03. The van der Waals surface area contributed by atoms with Crippen molar-refractivity contribution in [3.63, 3.8) is 0 Å². The lowest BCUT2D eigenvalue weighted by Crippen LogP contribution is -2.27. The molecule has 1 saturated heterocycles. The van der Waals surface area contributed by atoms with Crippen LogP contribution in [0, 0.1) is 5.92 Å². The van der Waals surface area contributed by atoms with Gasteiger partial charge in [-0.3, -0.25) is 0 Å². The Hall–Kier alpha value is -0.940. The van der Waals surface area contributed by atoms with Crippen LogP contribution >= 0.6 is 0 Å². The summed E-state index contributed by atoms with van der Waals surface area (Å²) in [5.74, 6) is 2.30. The first-order valence-electron chi connectivity index (χ1n) is 8.05. The Morgan fingerprint density at radius 2 is 2.00 bits per heavy atom. The van der Waals surface area contributed by atoms with Crippen molar-refractivity contribution in [2.24, 2.45) is 5.92 Å². The van der Waals surface area contributed by atoms with E-state index in [1.807, 2.05) is 0 Å². The van der Waals surface area contributed by atoms with Crippen LogP contribution < -0.4 is 5.32 Å². The Morgan fingerprint density at radius 1 is 1.15 bits per heavy atom. The Bertz CT molecular complexity index is 396. The predicted octanol–water partition coefficient (Wildman–Crippen LogP) is 2.63. The molecule has 5 nitrogen and oxygen atoms in total. The fourth-order valence-corrected chi connectivity index (χ4v) is 3.16. The van der Waals surface area contributed by atoms with E-state index in [1.165, 1.54) is 38.5 Å². The number of piperidine rings is 1. The first-order chi connectivity index (χ1) is 9.92. The minimum absolute atomic E-state index is 0.254. The molecule has 0 radical (unpaired) electrons. The molecule has 1 saturated carbocycles. The van der Waals surface area contributed by atoms with Crippen molar-refractivity contribution in [1.29, 1.82) is 0 Å². The number of rotatable bonds is 6. The summed E-state index contributed by atoms with van der Waals surface area (Å²) in [6.45, 7) is 2.65. The van der Waals surface area contributed by atoms with Crippen LogP contribution in [-0.2, 0) is 11.2 Å². The number of nitrogens with zero attached hydrogens (tertiary/aromatic N) is 2. The SMILES string of the molecule is C1CC[C@@H](c2nc(CCOCC3CCCC3)no2)NC1. The van der Waals surface area contributed by atoms with Crippen LogP contribution in [0.15, 0.2) is 4.52 Å². The van der Waals surface area contributed by atoms with Gasteiger partial charge < -0.3 is 14.6 Å². The molecule has 1 aliphatic heterocycles. The van der Waals surface area contributed by atoms with Crippen LogP contribution in [0.4, 0.5) is 0 Å². The number of ether oxygens (including phenoxy) is 1. The van der Waals surface area contributed by atoms with Gasteiger partial charge in [0.1, 0.15) is 0 Å². The Morgan fingerprint density at radius 3 is 2.80 bits per heavy atom. The largest absolute Gasteiger partial charge is 0.381 e. The van der Waals surface area contributed by atoms with Crippen molar-refractivity contribution in [1.82, 2.24) is 15.5 Å². The van der Waals surface area contributed by atoms with E-state index in [0.29, 0.717) is 6.61 Å². The van der Waals surface area contributed by atoms with Gasteiger partial charge in [0.15, 0.2) is 5.82 Å². The standard InChI is InChI=1S/C15H25N3O2/c1-2-6-12(5-1)11-19-10-8-14-17-15(20-18-14)13-7-3-4-9-16-13/h12-13,16H,1-11H2/t13-/m0/s1. The summed E-state index contributed by atoms with van der Waals surface area (Å²) < 4.78 is 11.1. The topological polar surface area (TPSA) is 60.2 Å². The summed E-state index contributed by atoms with van der Waals surface area (Å²) in [6, 6.07) is 0.254. The first kappa shape index (κ1) is 14.0. The van der Waals surface area contributed by atoms with Crippen LogP contribution in [0.25, 0.3) is 0 Å². The molecule has 0 bridgehead atoms. The lowest BCUT2D eigenvalue weighted by molar-refractivity contribution is 0.102. The Balaban J connectivity index is 1.38. The number of hydrogen-bond acceptors (Lipinski definition) is 5. The molecule has 3 rings (SSSR count). The van der Waals surface area contributed by atoms with Crippen molar-refractivity contribution in [2.75, 3.05) is 19.8 Å². The second-order valence-electron chi connectivity index (χ2n) is 6.03. The maximum atomic E-state index is 5.74. The molecule has 0 aromatic carbocycles. The second-order valence-corrected chi connectivity index (χ2v) is 6.03. The van der Waals surface area contributed by atoms with E-state index in [-0.39, 0.29) is 6.04 Å². The van der Waals surface area contributed by atoms with Crippen LogP contribution in [0.5, 0.6) is 0 Å². The maximum absolute atomic E-state index is 5.74. The Labute approximate surface area is 120 Å². The van der Waals surface area contributed by atoms with Gasteiger partial charge in [0.2, 0.25) is 5.89 Å². The van der Waals surface area contributed by atoms with E-state index in [1.54, 1.807) is 0 Å². The molecule has 1 aromatic heterocycles. The molecule has 0 unspecified atom stereocenters. The van der Waals surface area contributed by atoms with E-state index in [4.69, 9.17) is 9.26 Å². The highest BCUT2D eigenvalue weighted by Gasteiger charge is 2.21. The molecule has 1 N–H and O–H groups in total. The van der Waals surface area contributed by atoms with E-state index < -0.39 is 0 Å². The normalized spacial score (nSPS) is 24.3. The minimum Gasteiger partial charge on any atom is -0.381 e. The van der Waals surface area contributed by atoms with Gasteiger partial charge in [-0.25, -0.2) is 0 Å². The molecule has 5 heteroatoms. The van der Waals surface area contributed by atoms with E-state index in [9.17, 15) is 0 Å². The summed E-state index contributed by atoms with van der Waals surface area (Å²) in [6.07, 6.45) is 9.74. The zero-order valence-electron chi connectivity index (χ0n) is 12.1. The van der Waals surface area contributed by atoms with Gasteiger partial charge >= 0.3 is 0 Å². The third kappa shape index (κ3) is 3.79. The summed E-state index contributed by atoms with van der Waals surface area (Å²) in [7, 11) is 0. The summed E-state index contributed by atoms with van der Waals surface area (Å²) in [5, 5.41) is 7.48. The van der Waals surface area contributed by atoms with Crippen LogP contribution in [0.3, 0.4) is 0 Å². The molecule has 1 aliphatic carbocycles. The van der Waals surface area contributed by atoms with Gasteiger partial charge in [-0.15, -0.1) is 0 Å². The summed E-state index contributed by atoms with van der Waals surface area (Å²) in [4.78, 5) is 4.48. The average Bonchev–Trinajstić information content (AvgIpc) is 3.16. The second kappa shape index (κ2) is 7.18. The molecular weight excluding hydrogens is 254 g/mol. The van der Waals surface area contributed by atoms with E-state index >= 15 is 0 Å². The van der Waals surface area contributed by atoms with Gasteiger partial charge in [-0.1, -0.05) is 24.4 Å². The summed E-state index contributed by atoms with van der Waals surface area (Å²) >= 11 is 0. The predicted molar refractivity (Wildman–Crippen MR) is 75.4 cm³/mol. The third-order valence-electron chi connectivity index (χ3n) is 4.39. The zero-order valence-corrected chi connectivity index (χ0v) is 12.1. The first-order valence-corrected chi connectivity index (χ1v) is 8.05. The third-order valence-corrected chi connectivity index (χ3v) is 4.39. The van der Waals surface area contributed by atoms with Crippen molar-refractivity contribution < 1.29 is 9.26 Å². The number of hydrogen-bond donors (Lipinski definition) is 1. The van der Waals surface area contributed by atoms with Gasteiger partial charge in [0, 0.05) is 13.0 Å². The fraction of sp³-hybridized carbons (Fsp3) is 0.867. The molecule has 1 aromatic rings. The molecule has 2 heterocycles. The molecule has 20 heavy (non-hydrogen) atoms. The van der Waals surface area contributed by atoms with Crippen LogP contribution in [0.1, 0.15) is 62.7 Å². The van der Waals surface area contributed by atoms with Crippen LogP contribution in [0.2, 0.25) is 0 Å². The van der Waals surface area contributed by atoms with Gasteiger partial charge in [-0.05, 0) is 38.1 Å². The van der Waals surface area contributed by atoms with Gasteiger partial charge in [0.05, 0.1) is 12.6 Å². The summed E-state index contributed by atoms with van der Waals surface area (Å²) in [5.41, 5.74) is 0. The molecular formula is C15H25N3O2. The lowest BCUT2D eigenvalue weighted by atomic mass is 10.1. The van der Waals surface area contributed by atoms with Gasteiger partial charge in [-0.2, -0.15) is 4.98 Å². The maximum Gasteiger partial charge on any atom is 0.243 e. The zero-order chi connectivity index (χ0) is 13.6. The molecule has 2 fully saturated rings. The quantitative estimate of drug-likeness (QED) is 0.811. The van der Waals surface area contributed by atoms with Crippen LogP contribution in [-0.4, -0.2) is 29.9 Å². The molecule has 2 aliphatic rings. The van der Waals surface area contributed by atoms with Crippen molar-refractivity contribution in [3.05, 3.63) is 11.7 Å². The highest BCUT2D eigenvalue weighted by atomic mass is 16.5. The monoisotopic (exact) mass is 279 g/mol. The number of aromatic nitrogens is 2. The molecule has 1 atom stereocenters. The number of nitrogens with one attached hydrogen (secondary N) is 1. The average molecular weight is 279 g/mol.